The van der Waals surface area contributed by atoms with Gasteiger partial charge in [-0.05, 0) is 18.6 Å². The predicted molar refractivity (Wildman–Crippen MR) is 62.7 cm³/mol. The molecule has 0 aliphatic carbocycles. The number of rotatable bonds is 4. The van der Waals surface area contributed by atoms with E-state index in [9.17, 15) is 9.90 Å². The van der Waals surface area contributed by atoms with Crippen molar-refractivity contribution in [2.45, 2.75) is 19.2 Å². The van der Waals surface area contributed by atoms with Crippen LogP contribution in [0.4, 0.5) is 0 Å². The van der Waals surface area contributed by atoms with Gasteiger partial charge in [-0.1, -0.05) is 6.07 Å². The van der Waals surface area contributed by atoms with Crippen molar-refractivity contribution in [3.05, 3.63) is 28.8 Å². The SMILES string of the molecule is CCOC(=O)Cc1c(O)ccc(CCl)c1C#N. The molecule has 4 nitrogen and oxygen atoms in total. The third-order valence-electron chi connectivity index (χ3n) is 2.26. The number of carbonyl (C=O) groups excluding carboxylic acids is 1. The fourth-order valence-corrected chi connectivity index (χ4v) is 1.69. The van der Waals surface area contributed by atoms with Gasteiger partial charge >= 0.3 is 5.97 Å². The minimum atomic E-state index is -0.481. The highest BCUT2D eigenvalue weighted by molar-refractivity contribution is 6.17. The number of hydrogen-bond donors (Lipinski definition) is 1. The summed E-state index contributed by atoms with van der Waals surface area (Å²) in [4.78, 5) is 11.4. The molecule has 0 amide bonds. The van der Waals surface area contributed by atoms with Crippen molar-refractivity contribution in [3.63, 3.8) is 0 Å². The van der Waals surface area contributed by atoms with Gasteiger partial charge in [0.15, 0.2) is 0 Å². The molecule has 5 heteroatoms. The summed E-state index contributed by atoms with van der Waals surface area (Å²) in [5, 5.41) is 18.7. The molecule has 17 heavy (non-hydrogen) atoms. The number of nitrogens with zero attached hydrogens (tertiary/aromatic N) is 1. The van der Waals surface area contributed by atoms with Crippen molar-refractivity contribution in [1.82, 2.24) is 0 Å². The maximum absolute atomic E-state index is 11.4. The maximum Gasteiger partial charge on any atom is 0.310 e. The number of benzene rings is 1. The molecule has 0 aliphatic heterocycles. The van der Waals surface area contributed by atoms with Gasteiger partial charge in [-0.2, -0.15) is 5.26 Å². The van der Waals surface area contributed by atoms with E-state index in [1.165, 1.54) is 6.07 Å². The summed E-state index contributed by atoms with van der Waals surface area (Å²) >= 11 is 5.68. The largest absolute Gasteiger partial charge is 0.508 e. The van der Waals surface area contributed by atoms with E-state index in [1.54, 1.807) is 13.0 Å². The van der Waals surface area contributed by atoms with Crippen LogP contribution >= 0.6 is 11.6 Å². The van der Waals surface area contributed by atoms with Crippen molar-refractivity contribution in [2.24, 2.45) is 0 Å². The zero-order valence-electron chi connectivity index (χ0n) is 9.36. The van der Waals surface area contributed by atoms with Gasteiger partial charge in [0.1, 0.15) is 5.75 Å². The summed E-state index contributed by atoms with van der Waals surface area (Å²) in [5.74, 6) is -0.423. The van der Waals surface area contributed by atoms with Crippen LogP contribution in [-0.4, -0.2) is 17.7 Å². The molecule has 0 atom stereocenters. The number of halogens is 1. The quantitative estimate of drug-likeness (QED) is 0.659. The minimum absolute atomic E-state index is 0.0940. The Bertz CT molecular complexity index is 466. The summed E-state index contributed by atoms with van der Waals surface area (Å²) < 4.78 is 4.78. The maximum atomic E-state index is 11.4. The minimum Gasteiger partial charge on any atom is -0.508 e. The van der Waals surface area contributed by atoms with Gasteiger partial charge < -0.3 is 9.84 Å². The van der Waals surface area contributed by atoms with E-state index in [-0.39, 0.29) is 35.8 Å². The number of nitriles is 1. The van der Waals surface area contributed by atoms with Gasteiger partial charge in [-0.3, -0.25) is 4.79 Å². The van der Waals surface area contributed by atoms with Crippen LogP contribution in [0, 0.1) is 11.3 Å². The summed E-state index contributed by atoms with van der Waals surface area (Å²) in [6, 6.07) is 4.94. The fraction of sp³-hybridized carbons (Fsp3) is 0.333. The van der Waals surface area contributed by atoms with Gasteiger partial charge in [-0.15, -0.1) is 11.6 Å². The van der Waals surface area contributed by atoms with E-state index in [1.807, 2.05) is 6.07 Å². The first-order chi connectivity index (χ1) is 8.13. The van der Waals surface area contributed by atoms with Crippen molar-refractivity contribution in [1.29, 1.82) is 5.26 Å². The Balaban J connectivity index is 3.13. The summed E-state index contributed by atoms with van der Waals surface area (Å²) in [6.45, 7) is 1.95. The average molecular weight is 254 g/mol. The number of phenolic OH excluding ortho intramolecular Hbond substituents is 1. The molecule has 0 fully saturated rings. The second-order valence-electron chi connectivity index (χ2n) is 3.32. The Morgan fingerprint density at radius 2 is 2.29 bits per heavy atom. The molecule has 1 N–H and O–H groups in total. The Morgan fingerprint density at radius 3 is 2.82 bits per heavy atom. The highest BCUT2D eigenvalue weighted by Gasteiger charge is 2.16. The molecule has 90 valence electrons. The number of aromatic hydroxyl groups is 1. The zero-order chi connectivity index (χ0) is 12.8. The van der Waals surface area contributed by atoms with E-state index in [0.29, 0.717) is 5.56 Å². The van der Waals surface area contributed by atoms with Crippen molar-refractivity contribution in [2.75, 3.05) is 6.61 Å². The van der Waals surface area contributed by atoms with Crippen LogP contribution in [0.1, 0.15) is 23.6 Å². The molecular weight excluding hydrogens is 242 g/mol. The Morgan fingerprint density at radius 1 is 1.59 bits per heavy atom. The molecule has 0 radical (unpaired) electrons. The van der Waals surface area contributed by atoms with E-state index >= 15 is 0 Å². The Labute approximate surface area is 104 Å². The van der Waals surface area contributed by atoms with Crippen LogP contribution in [0.25, 0.3) is 0 Å². The first-order valence-electron chi connectivity index (χ1n) is 5.09. The lowest BCUT2D eigenvalue weighted by atomic mass is 9.99. The number of hydrogen-bond acceptors (Lipinski definition) is 4. The lowest BCUT2D eigenvalue weighted by Gasteiger charge is -2.09. The average Bonchev–Trinajstić information content (AvgIpc) is 2.31. The normalized spacial score (nSPS) is 9.71. The third-order valence-corrected chi connectivity index (χ3v) is 2.54. The molecule has 0 unspecified atom stereocenters. The second kappa shape index (κ2) is 6.12. The second-order valence-corrected chi connectivity index (χ2v) is 3.59. The monoisotopic (exact) mass is 253 g/mol. The third kappa shape index (κ3) is 3.11. The Kier molecular flexibility index (Phi) is 4.80. The van der Waals surface area contributed by atoms with E-state index in [0.717, 1.165) is 0 Å². The predicted octanol–water partition coefficient (Wildman–Crippen LogP) is 2.11. The molecule has 0 aliphatic rings. The standard InChI is InChI=1S/C12H12ClNO3/c1-2-17-12(16)5-9-10(7-14)8(6-13)3-4-11(9)15/h3-4,15H,2,5-6H2,1H3. The van der Waals surface area contributed by atoms with E-state index < -0.39 is 5.97 Å². The van der Waals surface area contributed by atoms with Crippen LogP contribution in [0.15, 0.2) is 12.1 Å². The highest BCUT2D eigenvalue weighted by atomic mass is 35.5. The van der Waals surface area contributed by atoms with E-state index in [4.69, 9.17) is 21.6 Å². The number of ether oxygens (including phenoxy) is 1. The van der Waals surface area contributed by atoms with Crippen LogP contribution in [0.5, 0.6) is 5.75 Å². The lowest BCUT2D eigenvalue weighted by molar-refractivity contribution is -0.142. The number of phenols is 1. The molecule has 0 saturated heterocycles. The molecule has 0 heterocycles. The van der Waals surface area contributed by atoms with Gasteiger partial charge in [0.2, 0.25) is 0 Å². The number of alkyl halides is 1. The van der Waals surface area contributed by atoms with E-state index in [2.05, 4.69) is 0 Å². The van der Waals surface area contributed by atoms with Crippen molar-refractivity contribution < 1.29 is 14.6 Å². The van der Waals surface area contributed by atoms with Gasteiger partial charge in [0.05, 0.1) is 24.7 Å². The van der Waals surface area contributed by atoms with Crippen LogP contribution in [0.2, 0.25) is 0 Å². The molecular formula is C12H12ClNO3. The zero-order valence-corrected chi connectivity index (χ0v) is 10.1. The fourth-order valence-electron chi connectivity index (χ4n) is 1.47. The summed E-state index contributed by atoms with van der Waals surface area (Å²) in [5.41, 5.74) is 1.10. The van der Waals surface area contributed by atoms with Crippen LogP contribution < -0.4 is 0 Å². The topological polar surface area (TPSA) is 70.3 Å². The van der Waals surface area contributed by atoms with Gasteiger partial charge in [-0.25, -0.2) is 0 Å². The molecule has 1 aromatic carbocycles. The molecule has 0 bridgehead atoms. The first kappa shape index (κ1) is 13.3. The molecule has 0 spiro atoms. The molecule has 0 saturated carbocycles. The lowest BCUT2D eigenvalue weighted by Crippen LogP contribution is -2.09. The number of esters is 1. The van der Waals surface area contributed by atoms with Gasteiger partial charge in [0.25, 0.3) is 0 Å². The Hall–Kier alpha value is -1.73. The van der Waals surface area contributed by atoms with Crippen molar-refractivity contribution >= 4 is 17.6 Å². The summed E-state index contributed by atoms with van der Waals surface area (Å²) in [6.07, 6.45) is -0.132. The van der Waals surface area contributed by atoms with Crippen molar-refractivity contribution in [3.8, 4) is 11.8 Å². The van der Waals surface area contributed by atoms with Crippen LogP contribution in [-0.2, 0) is 21.8 Å². The first-order valence-corrected chi connectivity index (χ1v) is 5.62. The van der Waals surface area contributed by atoms with Gasteiger partial charge in [0, 0.05) is 11.4 Å². The smallest absolute Gasteiger partial charge is 0.310 e. The highest BCUT2D eigenvalue weighted by Crippen LogP contribution is 2.26. The molecule has 0 aromatic heterocycles. The molecule has 1 rings (SSSR count). The number of carbonyl (C=O) groups is 1. The molecule has 1 aromatic rings. The summed E-state index contributed by atoms with van der Waals surface area (Å²) in [7, 11) is 0. The van der Waals surface area contributed by atoms with Crippen LogP contribution in [0.3, 0.4) is 0 Å².